The van der Waals surface area contributed by atoms with E-state index in [1.54, 1.807) is 25.4 Å². The summed E-state index contributed by atoms with van der Waals surface area (Å²) in [7, 11) is 1.70. The van der Waals surface area contributed by atoms with E-state index in [9.17, 15) is 9.18 Å². The molecule has 1 amide bonds. The summed E-state index contributed by atoms with van der Waals surface area (Å²) < 4.78 is 13.7. The van der Waals surface area contributed by atoms with Gasteiger partial charge in [0, 0.05) is 25.1 Å². The number of aromatic nitrogens is 1. The van der Waals surface area contributed by atoms with Crippen molar-refractivity contribution in [3.05, 3.63) is 47.9 Å². The molecule has 0 radical (unpaired) electrons. The van der Waals surface area contributed by atoms with Crippen molar-refractivity contribution in [3.8, 4) is 0 Å². The van der Waals surface area contributed by atoms with Gasteiger partial charge in [-0.25, -0.2) is 4.39 Å². The fraction of sp³-hybridized carbons (Fsp3) is 0.400. The lowest BCUT2D eigenvalue weighted by Gasteiger charge is -2.12. The maximum atomic E-state index is 13.7. The summed E-state index contributed by atoms with van der Waals surface area (Å²) in [5, 5.41) is 3.61. The van der Waals surface area contributed by atoms with Crippen molar-refractivity contribution in [1.29, 1.82) is 0 Å². The predicted octanol–water partition coefficient (Wildman–Crippen LogP) is 3.94. The van der Waals surface area contributed by atoms with Crippen LogP contribution in [0.15, 0.2) is 36.5 Å². The number of pyridine rings is 1. The maximum Gasteiger partial charge on any atom is 0.220 e. The molecule has 1 aromatic carbocycles. The number of benzene rings is 1. The SMILES string of the molecule is CNC(=O)CC1CC2C=C(c3ccnc4ccc(F)cc34)CC2C1. The second kappa shape index (κ2) is 6.00. The minimum Gasteiger partial charge on any atom is -0.359 e. The van der Waals surface area contributed by atoms with Gasteiger partial charge in [-0.1, -0.05) is 6.08 Å². The van der Waals surface area contributed by atoms with Gasteiger partial charge in [0.1, 0.15) is 5.82 Å². The first kappa shape index (κ1) is 15.3. The number of amides is 1. The Morgan fingerprint density at radius 3 is 3.00 bits per heavy atom. The molecule has 1 fully saturated rings. The molecule has 4 heteroatoms. The van der Waals surface area contributed by atoms with Crippen LogP contribution in [-0.4, -0.2) is 17.9 Å². The molecule has 2 aliphatic carbocycles. The average Bonchev–Trinajstić information content (AvgIpc) is 3.12. The van der Waals surface area contributed by atoms with Gasteiger partial charge in [-0.3, -0.25) is 9.78 Å². The molecule has 0 saturated heterocycles. The van der Waals surface area contributed by atoms with Crippen molar-refractivity contribution in [2.75, 3.05) is 7.05 Å². The highest BCUT2D eigenvalue weighted by Gasteiger charge is 2.38. The van der Waals surface area contributed by atoms with E-state index in [-0.39, 0.29) is 11.7 Å². The normalized spacial score (nSPS) is 25.6. The van der Waals surface area contributed by atoms with Gasteiger partial charge in [-0.15, -0.1) is 0 Å². The molecule has 124 valence electrons. The number of allylic oxidation sites excluding steroid dienone is 2. The van der Waals surface area contributed by atoms with Gasteiger partial charge in [-0.05, 0) is 72.4 Å². The van der Waals surface area contributed by atoms with Crippen LogP contribution in [0, 0.1) is 23.6 Å². The van der Waals surface area contributed by atoms with E-state index in [1.165, 1.54) is 11.6 Å². The lowest BCUT2D eigenvalue weighted by molar-refractivity contribution is -0.121. The molecule has 1 aromatic heterocycles. The van der Waals surface area contributed by atoms with Gasteiger partial charge in [0.2, 0.25) is 5.91 Å². The number of carbonyl (C=O) groups is 1. The number of nitrogens with one attached hydrogen (secondary N) is 1. The molecule has 0 bridgehead atoms. The number of hydrogen-bond acceptors (Lipinski definition) is 2. The van der Waals surface area contributed by atoms with E-state index in [4.69, 9.17) is 0 Å². The quantitative estimate of drug-likeness (QED) is 0.929. The maximum absolute atomic E-state index is 13.7. The first-order valence-electron chi connectivity index (χ1n) is 8.60. The monoisotopic (exact) mass is 324 g/mol. The lowest BCUT2D eigenvalue weighted by atomic mass is 9.94. The van der Waals surface area contributed by atoms with E-state index >= 15 is 0 Å². The van der Waals surface area contributed by atoms with Gasteiger partial charge in [0.05, 0.1) is 5.52 Å². The molecule has 1 saturated carbocycles. The Morgan fingerprint density at radius 2 is 2.21 bits per heavy atom. The minimum atomic E-state index is -0.221. The van der Waals surface area contributed by atoms with E-state index in [0.29, 0.717) is 24.2 Å². The Kier molecular flexibility index (Phi) is 3.83. The summed E-state index contributed by atoms with van der Waals surface area (Å²) >= 11 is 0. The van der Waals surface area contributed by atoms with Crippen LogP contribution < -0.4 is 5.32 Å². The Hall–Kier alpha value is -2.23. The number of hydrogen-bond donors (Lipinski definition) is 1. The third kappa shape index (κ3) is 2.70. The standard InChI is InChI=1S/C20H21FN2O/c1-22-20(24)8-12-6-13-9-15(10-14(13)7-12)17-4-5-23-19-3-2-16(21)11-18(17)19/h2-5,9,11-14H,6-8,10H2,1H3,(H,22,24). The van der Waals surface area contributed by atoms with Crippen LogP contribution in [0.4, 0.5) is 4.39 Å². The second-order valence-electron chi connectivity index (χ2n) is 7.05. The molecule has 3 nitrogen and oxygen atoms in total. The fourth-order valence-corrected chi connectivity index (χ4v) is 4.45. The molecule has 4 rings (SSSR count). The van der Waals surface area contributed by atoms with Crippen LogP contribution in [0.25, 0.3) is 16.5 Å². The van der Waals surface area contributed by atoms with Gasteiger partial charge >= 0.3 is 0 Å². The highest BCUT2D eigenvalue weighted by Crippen LogP contribution is 2.49. The summed E-state index contributed by atoms with van der Waals surface area (Å²) in [6.45, 7) is 0. The fourth-order valence-electron chi connectivity index (χ4n) is 4.45. The number of nitrogens with zero attached hydrogens (tertiary/aromatic N) is 1. The zero-order valence-corrected chi connectivity index (χ0v) is 13.8. The summed E-state index contributed by atoms with van der Waals surface area (Å²) in [5.41, 5.74) is 3.25. The topological polar surface area (TPSA) is 42.0 Å². The third-order valence-electron chi connectivity index (χ3n) is 5.55. The molecule has 24 heavy (non-hydrogen) atoms. The molecule has 1 N–H and O–H groups in total. The van der Waals surface area contributed by atoms with E-state index in [2.05, 4.69) is 16.4 Å². The average molecular weight is 324 g/mol. The third-order valence-corrected chi connectivity index (χ3v) is 5.55. The highest BCUT2D eigenvalue weighted by atomic mass is 19.1. The van der Waals surface area contributed by atoms with Crippen molar-refractivity contribution in [2.45, 2.75) is 25.7 Å². The predicted molar refractivity (Wildman–Crippen MR) is 92.7 cm³/mol. The molecule has 0 spiro atoms. The van der Waals surface area contributed by atoms with Crippen LogP contribution in [0.5, 0.6) is 0 Å². The van der Waals surface area contributed by atoms with Crippen molar-refractivity contribution >= 4 is 22.4 Å². The first-order chi connectivity index (χ1) is 11.6. The second-order valence-corrected chi connectivity index (χ2v) is 7.05. The van der Waals surface area contributed by atoms with Crippen LogP contribution in [0.2, 0.25) is 0 Å². The van der Waals surface area contributed by atoms with Crippen LogP contribution >= 0.6 is 0 Å². The lowest BCUT2D eigenvalue weighted by Crippen LogP contribution is -2.20. The first-order valence-corrected chi connectivity index (χ1v) is 8.60. The zero-order chi connectivity index (χ0) is 16.7. The minimum absolute atomic E-state index is 0.139. The molecule has 2 aromatic rings. The van der Waals surface area contributed by atoms with Gasteiger partial charge in [0.25, 0.3) is 0 Å². The van der Waals surface area contributed by atoms with Crippen LogP contribution in [0.3, 0.4) is 0 Å². The summed E-state index contributed by atoms with van der Waals surface area (Å²) in [4.78, 5) is 15.9. The largest absolute Gasteiger partial charge is 0.359 e. The van der Waals surface area contributed by atoms with Crippen LogP contribution in [-0.2, 0) is 4.79 Å². The van der Waals surface area contributed by atoms with Crippen molar-refractivity contribution in [1.82, 2.24) is 10.3 Å². The molecule has 3 unspecified atom stereocenters. The molecular formula is C20H21FN2O. The van der Waals surface area contributed by atoms with E-state index in [1.807, 2.05) is 6.07 Å². The number of rotatable bonds is 3. The van der Waals surface area contributed by atoms with Gasteiger partial charge in [-0.2, -0.15) is 0 Å². The van der Waals surface area contributed by atoms with Crippen molar-refractivity contribution in [2.24, 2.45) is 17.8 Å². The van der Waals surface area contributed by atoms with E-state index in [0.717, 1.165) is 35.7 Å². The van der Waals surface area contributed by atoms with E-state index < -0.39 is 0 Å². The number of carbonyl (C=O) groups excluding carboxylic acids is 1. The molecule has 2 aliphatic rings. The number of halogens is 1. The summed E-state index contributed by atoms with van der Waals surface area (Å²) in [6.07, 6.45) is 8.00. The number of fused-ring (bicyclic) bond motifs is 2. The van der Waals surface area contributed by atoms with Gasteiger partial charge in [0.15, 0.2) is 0 Å². The molecular weight excluding hydrogens is 303 g/mol. The van der Waals surface area contributed by atoms with Gasteiger partial charge < -0.3 is 5.32 Å². The summed E-state index contributed by atoms with van der Waals surface area (Å²) in [6, 6.07) is 6.78. The molecule has 1 heterocycles. The molecule has 3 atom stereocenters. The van der Waals surface area contributed by atoms with Crippen molar-refractivity contribution < 1.29 is 9.18 Å². The van der Waals surface area contributed by atoms with Crippen molar-refractivity contribution in [3.63, 3.8) is 0 Å². The Bertz CT molecular complexity index is 829. The summed E-state index contributed by atoms with van der Waals surface area (Å²) in [5.74, 6) is 1.57. The Morgan fingerprint density at radius 1 is 1.33 bits per heavy atom. The Labute approximate surface area is 141 Å². The molecule has 0 aliphatic heterocycles. The highest BCUT2D eigenvalue weighted by molar-refractivity contribution is 5.92. The Balaban J connectivity index is 1.59. The van der Waals surface area contributed by atoms with Crippen LogP contribution in [0.1, 0.15) is 31.2 Å². The zero-order valence-electron chi connectivity index (χ0n) is 13.8. The smallest absolute Gasteiger partial charge is 0.220 e.